The summed E-state index contributed by atoms with van der Waals surface area (Å²) in [5.74, 6) is -7.39. The zero-order valence-corrected chi connectivity index (χ0v) is 70.1. The van der Waals surface area contributed by atoms with Crippen LogP contribution in [0.4, 0.5) is 29.7 Å². The number of hydrogen-bond acceptors (Lipinski definition) is 21. The van der Waals surface area contributed by atoms with Crippen molar-refractivity contribution in [2.45, 2.75) is 179 Å². The van der Waals surface area contributed by atoms with Gasteiger partial charge in [-0.05, 0) is 165 Å². The quantitative estimate of drug-likeness (QED) is 0.0185. The number of Topliss-reactive ketones (excluding diaryl/α,β-unsaturated/α-hetero) is 1. The van der Waals surface area contributed by atoms with Crippen molar-refractivity contribution in [1.82, 2.24) is 31.1 Å². The van der Waals surface area contributed by atoms with Crippen LogP contribution in [0.1, 0.15) is 158 Å². The van der Waals surface area contributed by atoms with Crippen molar-refractivity contribution in [3.8, 4) is 11.8 Å². The van der Waals surface area contributed by atoms with Crippen molar-refractivity contribution in [3.05, 3.63) is 157 Å². The number of aliphatic hydroxyl groups is 2. The Morgan fingerprint density at radius 2 is 1.45 bits per heavy atom. The molecule has 4 aliphatic carbocycles. The van der Waals surface area contributed by atoms with E-state index in [2.05, 4.69) is 44.9 Å². The number of nitrogens with zero attached hydrogens (tertiary/aromatic N) is 3. The molecule has 0 radical (unpaired) electrons. The van der Waals surface area contributed by atoms with Crippen LogP contribution in [0.5, 0.6) is 5.75 Å². The highest BCUT2D eigenvalue weighted by atomic mass is 35.5. The summed E-state index contributed by atoms with van der Waals surface area (Å²) in [6.07, 6.45) is 2.80. The molecule has 5 aromatic rings. The Balaban J connectivity index is 0.515. The van der Waals surface area contributed by atoms with Gasteiger partial charge in [-0.1, -0.05) is 95.1 Å². The van der Waals surface area contributed by atoms with Crippen LogP contribution in [0.3, 0.4) is 0 Å². The lowest BCUT2D eigenvalue weighted by atomic mass is 9.42. The molecule has 2 saturated heterocycles. The Morgan fingerprint density at radius 3 is 2.08 bits per heavy atom. The minimum absolute atomic E-state index is 0.0377. The molecule has 7 amide bonds. The first-order valence-electron chi connectivity index (χ1n) is 40.7. The van der Waals surface area contributed by atoms with Crippen LogP contribution >= 0.6 is 23.2 Å². The number of rotatable bonds is 32. The number of methoxy groups -OCH3 is 1. The number of benzene rings is 4. The molecule has 11 rings (SSSR count). The monoisotopic (exact) mass is 1690 g/mol. The number of anilines is 2. The van der Waals surface area contributed by atoms with Gasteiger partial charge in [0.05, 0.1) is 100 Å². The number of hydrogen-bond donors (Lipinski definition) is 8. The lowest BCUT2D eigenvalue weighted by Crippen LogP contribution is -2.70. The van der Waals surface area contributed by atoms with E-state index in [1.807, 2.05) is 20.8 Å². The molecular formula is C87H109Cl2F2N9O19. The second kappa shape index (κ2) is 39.1. The first-order valence-corrected chi connectivity index (χ1v) is 41.5. The summed E-state index contributed by atoms with van der Waals surface area (Å²) in [5, 5.41) is 52.7. The van der Waals surface area contributed by atoms with E-state index in [0.29, 0.717) is 55.3 Å². The molecule has 8 N–H and O–H groups in total. The summed E-state index contributed by atoms with van der Waals surface area (Å²) in [4.78, 5) is 124. The Kier molecular flexibility index (Phi) is 29.8. The molecule has 119 heavy (non-hydrogen) atoms. The molecule has 6 aliphatic rings. The van der Waals surface area contributed by atoms with Gasteiger partial charge in [-0.25, -0.2) is 23.2 Å². The van der Waals surface area contributed by atoms with E-state index in [9.17, 15) is 58.6 Å². The van der Waals surface area contributed by atoms with E-state index in [-0.39, 0.29) is 173 Å². The zero-order chi connectivity index (χ0) is 85.9. The number of nitriles is 1. The fourth-order valence-corrected chi connectivity index (χ4v) is 19.1. The number of ketones is 1. The van der Waals surface area contributed by atoms with Gasteiger partial charge in [0.25, 0.3) is 5.91 Å². The highest BCUT2D eigenvalue weighted by Crippen LogP contribution is 2.70. The number of fused-ring (bicyclic) bond motifs is 5. The van der Waals surface area contributed by atoms with Gasteiger partial charge in [0.1, 0.15) is 53.7 Å². The van der Waals surface area contributed by atoms with E-state index in [1.54, 1.807) is 56.0 Å². The second-order valence-corrected chi connectivity index (χ2v) is 34.7. The smallest absolute Gasteiger partial charge is 0.410 e. The molecule has 4 aromatic carbocycles. The van der Waals surface area contributed by atoms with Crippen LogP contribution in [0, 0.1) is 62.9 Å². The van der Waals surface area contributed by atoms with Crippen LogP contribution in [0.2, 0.25) is 10.0 Å². The molecule has 2 aliphatic heterocycles. The third-order valence-corrected chi connectivity index (χ3v) is 25.5. The van der Waals surface area contributed by atoms with Crippen molar-refractivity contribution < 1.29 is 94.9 Å². The molecule has 6 fully saturated rings. The molecule has 644 valence electrons. The van der Waals surface area contributed by atoms with E-state index in [4.69, 9.17) is 60.8 Å². The molecule has 0 spiro atoms. The van der Waals surface area contributed by atoms with Crippen LogP contribution < -0.4 is 42.3 Å². The van der Waals surface area contributed by atoms with Crippen molar-refractivity contribution in [1.29, 1.82) is 5.26 Å². The highest BCUT2D eigenvalue weighted by molar-refractivity contribution is 6.31. The van der Waals surface area contributed by atoms with Gasteiger partial charge >= 0.3 is 17.8 Å². The predicted octanol–water partition coefficient (Wildman–Crippen LogP) is 10.5. The molecule has 32 heteroatoms. The van der Waals surface area contributed by atoms with Gasteiger partial charge in [-0.3, -0.25) is 28.8 Å². The van der Waals surface area contributed by atoms with E-state index >= 15 is 8.78 Å². The van der Waals surface area contributed by atoms with E-state index in [1.165, 1.54) is 79.8 Å². The van der Waals surface area contributed by atoms with Crippen LogP contribution in [-0.4, -0.2) is 202 Å². The van der Waals surface area contributed by atoms with Crippen molar-refractivity contribution >= 4 is 82.1 Å². The molecule has 0 unspecified atom stereocenters. The van der Waals surface area contributed by atoms with Crippen LogP contribution in [0.15, 0.2) is 106 Å². The maximum atomic E-state index is 16.2. The number of nitrogens with one attached hydrogen (secondary N) is 6. The number of amides is 7. The summed E-state index contributed by atoms with van der Waals surface area (Å²) in [7, 11) is 1.36. The standard InChI is InChI=1S/C87H109Cl2F2N9O19/c1-50(2)73(79(107)94-51(3)77(105)95-57-19-13-52(14-20-57)47-118-81(109)99-31-33-100(34-32-99)82(110)119-58-25-28-84(7)55(44-58)17-21-62-71(84)75(103)76(104)85(8)60(26-29-87(62,85)111)54-16-24-69(102)117-48-54)98-68(101)27-35-113-37-39-115-41-42-116-40-38-114-36-30-93-78(106)53-15-23-65(66(43-53)112-9)96-80(108)74-70(59-11-10-12-63(89)72(59)91)86(49-92,67(97-74)46-83(4,5)6)61-22-18-56(88)45-64(61)90/h10-16,18-20,22-24,43,45,48,50-51,55,58,60,62,67,70-71,73-75,97,103,111H,17,21,25-42,44,46-47H2,1-9H3,(H,93,106)(H,94,107)(H,95,105)(H,96,108)(H,98,101)/t51-,55+,58-,60+,62+,67-,70-,71+,73-,74+,75-,84-,85-,86-,87-/m0/s1. The van der Waals surface area contributed by atoms with Gasteiger partial charge in [0.2, 0.25) is 23.6 Å². The maximum absolute atomic E-state index is 16.2. The Hall–Kier alpha value is -9.16. The summed E-state index contributed by atoms with van der Waals surface area (Å²) < 4.78 is 77.2. The van der Waals surface area contributed by atoms with E-state index in [0.717, 1.165) is 12.5 Å². The van der Waals surface area contributed by atoms with Crippen LogP contribution in [-0.2, 0) is 64.4 Å². The predicted molar refractivity (Wildman–Crippen MR) is 435 cm³/mol. The van der Waals surface area contributed by atoms with Crippen molar-refractivity contribution in [2.75, 3.05) is 103 Å². The topological polar surface area (TPSA) is 374 Å². The first kappa shape index (κ1) is 90.6. The number of aliphatic hydroxyl groups excluding tert-OH is 1. The normalized spacial score (nSPS) is 26.4. The number of ether oxygens (including phenoxy) is 7. The number of carbonyl (C=O) groups excluding carboxylic acids is 8. The average molecular weight is 1690 g/mol. The summed E-state index contributed by atoms with van der Waals surface area (Å²) in [6.45, 7) is 17.3. The van der Waals surface area contributed by atoms with Gasteiger partial charge in [0.15, 0.2) is 5.78 Å². The zero-order valence-electron chi connectivity index (χ0n) is 68.6. The number of piperazine rings is 1. The number of halogens is 4. The number of carbonyl (C=O) groups is 8. The van der Waals surface area contributed by atoms with Crippen molar-refractivity contribution in [2.24, 2.45) is 39.9 Å². The molecular weight excluding hydrogens is 1580 g/mol. The first-order chi connectivity index (χ1) is 56.6. The minimum atomic E-state index is -1.85. The molecule has 4 saturated carbocycles. The molecule has 1 aromatic heterocycles. The van der Waals surface area contributed by atoms with Crippen LogP contribution in [0.25, 0.3) is 0 Å². The average Bonchev–Trinajstić information content (AvgIpc) is 1.61. The Bertz CT molecular complexity index is 4580. The lowest BCUT2D eigenvalue weighted by molar-refractivity contribution is -0.228. The summed E-state index contributed by atoms with van der Waals surface area (Å²) in [5.41, 5.74) is -3.97. The highest BCUT2D eigenvalue weighted by Gasteiger charge is 2.74. The molecule has 3 heterocycles. The largest absolute Gasteiger partial charge is 0.495 e. The summed E-state index contributed by atoms with van der Waals surface area (Å²) >= 11 is 12.5. The molecule has 28 nitrogen and oxygen atoms in total. The SMILES string of the molecule is COc1cc(C(=O)NCCOCCOCCOCCOCCC(=O)N[C@H](C(=O)N[C@@H](C)C(=O)Nc2ccc(COC(=O)N3CCN(C(=O)O[C@H]4CC[C@@]5(C)[C@H](CC[C@@H]6[C@@H]5[C@H](O)C(=O)[C@]5(C)[C@@H](c7ccc(=O)oc7)CC[C@]65O)C4)CC3)cc2)C(C)C)ccc1NC(=O)[C@@H]1N[C@@H](CC(C)(C)C)[C@](C#N)(c2ccc(Cl)cc2F)[C@H]1c1cccc(Cl)c1F. The van der Waals surface area contributed by atoms with Gasteiger partial charge < -0.3 is 89.5 Å². The second-order valence-electron chi connectivity index (χ2n) is 33.9. The van der Waals surface area contributed by atoms with Gasteiger partial charge in [0, 0.05) is 90.8 Å². The summed E-state index contributed by atoms with van der Waals surface area (Å²) in [6, 6.07) is 20.4. The van der Waals surface area contributed by atoms with Crippen molar-refractivity contribution in [3.63, 3.8) is 0 Å². The Morgan fingerprint density at radius 1 is 0.773 bits per heavy atom. The fraction of sp³-hybridized carbons (Fsp3) is 0.563. The molecule has 15 atom stereocenters. The Labute approximate surface area is 701 Å². The molecule has 0 bridgehead atoms. The fourth-order valence-electron chi connectivity index (χ4n) is 18.8. The van der Waals surface area contributed by atoms with Gasteiger partial charge in [-0.2, -0.15) is 5.26 Å². The maximum Gasteiger partial charge on any atom is 0.410 e. The third kappa shape index (κ3) is 20.2. The van der Waals surface area contributed by atoms with E-state index < -0.39 is 134 Å². The minimum Gasteiger partial charge on any atom is -0.495 e. The van der Waals surface area contributed by atoms with Gasteiger partial charge in [-0.15, -0.1) is 0 Å². The third-order valence-electron chi connectivity index (χ3n) is 25.0. The lowest BCUT2D eigenvalue weighted by Gasteiger charge is -2.64.